The van der Waals surface area contributed by atoms with Gasteiger partial charge in [-0.15, -0.1) is 11.3 Å². The molecule has 1 atom stereocenters. The molecule has 0 aliphatic carbocycles. The predicted octanol–water partition coefficient (Wildman–Crippen LogP) is 1.86. The average molecular weight is 384 g/mol. The second-order valence-electron chi connectivity index (χ2n) is 5.91. The molecule has 0 aromatic carbocycles. The van der Waals surface area contributed by atoms with E-state index in [0.717, 1.165) is 33.2 Å². The number of piperazine rings is 1. The first-order valence-electron chi connectivity index (χ1n) is 7.98. The number of carbonyl (C=O) groups is 1. The third kappa shape index (κ3) is 3.64. The van der Waals surface area contributed by atoms with Crippen LogP contribution < -0.4 is 0 Å². The highest BCUT2D eigenvalue weighted by atomic mass is 32.2. The summed E-state index contributed by atoms with van der Waals surface area (Å²) in [5.41, 5.74) is 2.10. The van der Waals surface area contributed by atoms with Crippen LogP contribution in [0.15, 0.2) is 38.7 Å². The molecule has 1 aliphatic rings. The number of nitrogens with zero attached hydrogens (tertiary/aromatic N) is 2. The normalized spacial score (nSPS) is 20.0. The van der Waals surface area contributed by atoms with Gasteiger partial charge in [0.1, 0.15) is 10.3 Å². The summed E-state index contributed by atoms with van der Waals surface area (Å²) >= 11 is 1.10. The SMILES string of the molecule is CCc1cocc1CN1CCN(S(=O)(=O)c2cccs2)C(C(=O)O)C1. The number of aliphatic carboxylic acids is 1. The van der Waals surface area contributed by atoms with Gasteiger partial charge < -0.3 is 9.52 Å². The lowest BCUT2D eigenvalue weighted by atomic mass is 10.1. The molecule has 2 aromatic rings. The smallest absolute Gasteiger partial charge is 0.323 e. The molecule has 1 saturated heterocycles. The number of carboxylic acids is 1. The zero-order valence-corrected chi connectivity index (χ0v) is 15.4. The molecule has 1 unspecified atom stereocenters. The summed E-state index contributed by atoms with van der Waals surface area (Å²) in [6, 6.07) is 2.05. The Labute approximate surface area is 150 Å². The van der Waals surface area contributed by atoms with Crippen molar-refractivity contribution in [2.24, 2.45) is 0 Å². The first kappa shape index (κ1) is 18.1. The van der Waals surface area contributed by atoms with Crippen molar-refractivity contribution in [1.29, 1.82) is 0 Å². The van der Waals surface area contributed by atoms with Gasteiger partial charge in [-0.2, -0.15) is 4.31 Å². The molecule has 3 heterocycles. The first-order chi connectivity index (χ1) is 11.9. The third-order valence-electron chi connectivity index (χ3n) is 4.37. The second-order valence-corrected chi connectivity index (χ2v) is 8.98. The summed E-state index contributed by atoms with van der Waals surface area (Å²) in [5, 5.41) is 11.2. The Morgan fingerprint density at radius 1 is 1.36 bits per heavy atom. The highest BCUT2D eigenvalue weighted by Gasteiger charge is 2.40. The molecule has 1 fully saturated rings. The molecule has 0 spiro atoms. The molecule has 1 aliphatic heterocycles. The van der Waals surface area contributed by atoms with E-state index in [1.807, 2.05) is 11.8 Å². The van der Waals surface area contributed by atoms with Gasteiger partial charge in [0, 0.05) is 31.7 Å². The number of sulfonamides is 1. The van der Waals surface area contributed by atoms with Gasteiger partial charge >= 0.3 is 5.97 Å². The maximum absolute atomic E-state index is 12.7. The molecule has 3 rings (SSSR count). The standard InChI is InChI=1S/C16H20N2O5S2/c1-2-12-10-23-11-13(12)8-17-5-6-18(14(9-17)16(19)20)25(21,22)15-4-3-7-24-15/h3-4,7,10-11,14H,2,5-6,8-9H2,1H3,(H,19,20). The zero-order chi connectivity index (χ0) is 18.0. The Bertz CT molecular complexity index is 829. The van der Waals surface area contributed by atoms with Crippen molar-refractivity contribution in [3.05, 3.63) is 41.2 Å². The Hall–Kier alpha value is -1.68. The van der Waals surface area contributed by atoms with Crippen LogP contribution in [0.25, 0.3) is 0 Å². The van der Waals surface area contributed by atoms with Crippen molar-refractivity contribution in [3.8, 4) is 0 Å². The molecule has 25 heavy (non-hydrogen) atoms. The molecule has 0 radical (unpaired) electrons. The van der Waals surface area contributed by atoms with Crippen LogP contribution in [0.3, 0.4) is 0 Å². The predicted molar refractivity (Wildman–Crippen MR) is 93.0 cm³/mol. The van der Waals surface area contributed by atoms with E-state index in [4.69, 9.17) is 4.42 Å². The van der Waals surface area contributed by atoms with Crippen LogP contribution in [-0.4, -0.2) is 54.4 Å². The molecule has 0 saturated carbocycles. The van der Waals surface area contributed by atoms with E-state index < -0.39 is 22.0 Å². The van der Waals surface area contributed by atoms with Crippen LogP contribution in [0, 0.1) is 0 Å². The Morgan fingerprint density at radius 3 is 2.76 bits per heavy atom. The van der Waals surface area contributed by atoms with E-state index in [1.54, 1.807) is 24.0 Å². The van der Waals surface area contributed by atoms with E-state index >= 15 is 0 Å². The van der Waals surface area contributed by atoms with Crippen molar-refractivity contribution in [2.45, 2.75) is 30.1 Å². The van der Waals surface area contributed by atoms with E-state index in [0.29, 0.717) is 13.1 Å². The van der Waals surface area contributed by atoms with Gasteiger partial charge in [-0.3, -0.25) is 9.69 Å². The van der Waals surface area contributed by atoms with E-state index in [-0.39, 0.29) is 17.3 Å². The second kappa shape index (κ2) is 7.28. The Balaban J connectivity index is 1.78. The number of aryl methyl sites for hydroxylation is 1. The monoisotopic (exact) mass is 384 g/mol. The fourth-order valence-corrected chi connectivity index (χ4v) is 5.71. The lowest BCUT2D eigenvalue weighted by molar-refractivity contribution is -0.143. The fourth-order valence-electron chi connectivity index (χ4n) is 3.02. The number of hydrogen-bond donors (Lipinski definition) is 1. The Kier molecular flexibility index (Phi) is 5.28. The van der Waals surface area contributed by atoms with Crippen molar-refractivity contribution >= 4 is 27.3 Å². The number of hydrogen-bond acceptors (Lipinski definition) is 6. The van der Waals surface area contributed by atoms with Crippen molar-refractivity contribution in [1.82, 2.24) is 9.21 Å². The molecular weight excluding hydrogens is 364 g/mol. The first-order valence-corrected chi connectivity index (χ1v) is 10.3. The summed E-state index contributed by atoms with van der Waals surface area (Å²) in [4.78, 5) is 13.7. The Morgan fingerprint density at radius 2 is 2.12 bits per heavy atom. The van der Waals surface area contributed by atoms with Gasteiger partial charge in [0.05, 0.1) is 12.5 Å². The van der Waals surface area contributed by atoms with Crippen molar-refractivity contribution in [2.75, 3.05) is 19.6 Å². The lowest BCUT2D eigenvalue weighted by Crippen LogP contribution is -2.57. The van der Waals surface area contributed by atoms with Gasteiger partial charge in [-0.05, 0) is 23.4 Å². The molecule has 9 heteroatoms. The number of furan rings is 1. The summed E-state index contributed by atoms with van der Waals surface area (Å²) in [7, 11) is -3.79. The molecule has 7 nitrogen and oxygen atoms in total. The van der Waals surface area contributed by atoms with Crippen molar-refractivity contribution in [3.63, 3.8) is 0 Å². The minimum Gasteiger partial charge on any atom is -0.480 e. The minimum absolute atomic E-state index is 0.147. The molecule has 136 valence electrons. The van der Waals surface area contributed by atoms with Crippen LogP contribution in [0.1, 0.15) is 18.1 Å². The summed E-state index contributed by atoms with van der Waals surface area (Å²) < 4.78 is 32.0. The largest absolute Gasteiger partial charge is 0.480 e. The van der Waals surface area contributed by atoms with Crippen molar-refractivity contribution < 1.29 is 22.7 Å². The van der Waals surface area contributed by atoms with Gasteiger partial charge in [-0.25, -0.2) is 8.42 Å². The summed E-state index contributed by atoms with van der Waals surface area (Å²) in [5.74, 6) is -1.13. The number of carboxylic acid groups (broad SMARTS) is 1. The van der Waals surface area contributed by atoms with Gasteiger partial charge in [0.15, 0.2) is 0 Å². The van der Waals surface area contributed by atoms with E-state index in [9.17, 15) is 18.3 Å². The zero-order valence-electron chi connectivity index (χ0n) is 13.8. The number of thiophene rings is 1. The van der Waals surface area contributed by atoms with Crippen LogP contribution >= 0.6 is 11.3 Å². The van der Waals surface area contributed by atoms with Gasteiger partial charge in [-0.1, -0.05) is 13.0 Å². The molecule has 0 amide bonds. The van der Waals surface area contributed by atoms with Crippen LogP contribution in [0.5, 0.6) is 0 Å². The molecule has 2 aromatic heterocycles. The topological polar surface area (TPSA) is 91.1 Å². The van der Waals surface area contributed by atoms with Crippen LogP contribution in [0.2, 0.25) is 0 Å². The molecular formula is C16H20N2O5S2. The minimum atomic E-state index is -3.79. The maximum atomic E-state index is 12.7. The van der Waals surface area contributed by atoms with Gasteiger partial charge in [0.2, 0.25) is 0 Å². The molecule has 1 N–H and O–H groups in total. The highest BCUT2D eigenvalue weighted by Crippen LogP contribution is 2.26. The van der Waals surface area contributed by atoms with Gasteiger partial charge in [0.25, 0.3) is 10.0 Å². The average Bonchev–Trinajstić information content (AvgIpc) is 3.26. The van der Waals surface area contributed by atoms with E-state index in [1.165, 1.54) is 6.07 Å². The van der Waals surface area contributed by atoms with Crippen LogP contribution in [0.4, 0.5) is 0 Å². The number of rotatable bonds is 6. The molecule has 0 bridgehead atoms. The third-order valence-corrected chi connectivity index (χ3v) is 7.65. The maximum Gasteiger partial charge on any atom is 0.323 e. The fraction of sp³-hybridized carbons (Fsp3) is 0.438. The van der Waals surface area contributed by atoms with E-state index in [2.05, 4.69) is 0 Å². The lowest BCUT2D eigenvalue weighted by Gasteiger charge is -2.38. The summed E-state index contributed by atoms with van der Waals surface area (Å²) in [6.45, 7) is 3.35. The summed E-state index contributed by atoms with van der Waals surface area (Å²) in [6.07, 6.45) is 4.20. The van der Waals surface area contributed by atoms with Crippen LogP contribution in [-0.2, 0) is 27.8 Å². The highest BCUT2D eigenvalue weighted by molar-refractivity contribution is 7.91. The quantitative estimate of drug-likeness (QED) is 0.817.